The molecule has 0 spiro atoms. The molecule has 1 unspecified atom stereocenters. The fourth-order valence-corrected chi connectivity index (χ4v) is 3.01. The van der Waals surface area contributed by atoms with Gasteiger partial charge < -0.3 is 15.5 Å². The molecule has 3 saturated heterocycles. The van der Waals surface area contributed by atoms with Crippen LogP contribution in [0.2, 0.25) is 0 Å². The summed E-state index contributed by atoms with van der Waals surface area (Å²) < 4.78 is 0. The second-order valence-corrected chi connectivity index (χ2v) is 5.37. The first-order valence-corrected chi connectivity index (χ1v) is 6.79. The molecule has 0 radical (unpaired) electrons. The topological polar surface area (TPSA) is 47.6 Å². The quantitative estimate of drug-likeness (QED) is 0.628. The summed E-state index contributed by atoms with van der Waals surface area (Å²) in [5.74, 6) is 0.637. The van der Waals surface area contributed by atoms with Crippen LogP contribution in [0.5, 0.6) is 0 Å². The number of likely N-dealkylation sites (tertiary alicyclic amines) is 1. The van der Waals surface area contributed by atoms with Crippen LogP contribution in [0.3, 0.4) is 0 Å². The Hall–Kier alpha value is -0.650. The lowest BCUT2D eigenvalue weighted by molar-refractivity contribution is -0.136. The summed E-state index contributed by atoms with van der Waals surface area (Å²) >= 11 is 0. The Morgan fingerprint density at radius 3 is 2.47 bits per heavy atom. The smallest absolute Gasteiger partial charge is 0.228 e. The van der Waals surface area contributed by atoms with Gasteiger partial charge in [-0.1, -0.05) is 0 Å². The van der Waals surface area contributed by atoms with Gasteiger partial charge in [0.25, 0.3) is 0 Å². The molecule has 2 N–H and O–H groups in total. The molecule has 17 heavy (non-hydrogen) atoms. The van der Waals surface area contributed by atoms with E-state index in [0.717, 1.165) is 58.8 Å². The molecule has 0 saturated carbocycles. The zero-order valence-corrected chi connectivity index (χ0v) is 10.3. The van der Waals surface area contributed by atoms with Gasteiger partial charge in [-0.3, -0.25) is 9.69 Å². The van der Waals surface area contributed by atoms with Crippen molar-refractivity contribution in [2.75, 3.05) is 52.4 Å². The molecule has 1 amide bonds. The molecule has 96 valence electrons. The van der Waals surface area contributed by atoms with Crippen molar-refractivity contribution in [1.82, 2.24) is 20.4 Å². The summed E-state index contributed by atoms with van der Waals surface area (Å²) in [5, 5.41) is 6.55. The Labute approximate surface area is 103 Å². The van der Waals surface area contributed by atoms with E-state index < -0.39 is 0 Å². The molecule has 3 heterocycles. The third kappa shape index (κ3) is 2.32. The number of rotatable bonds is 2. The van der Waals surface area contributed by atoms with E-state index in [9.17, 15) is 4.79 Å². The molecule has 0 bridgehead atoms. The van der Waals surface area contributed by atoms with Gasteiger partial charge in [0.15, 0.2) is 0 Å². The second kappa shape index (κ2) is 4.92. The van der Waals surface area contributed by atoms with Crippen LogP contribution in [0.15, 0.2) is 0 Å². The third-order valence-electron chi connectivity index (χ3n) is 4.27. The lowest BCUT2D eigenvalue weighted by atomic mass is 10.0. The Morgan fingerprint density at radius 1 is 1.06 bits per heavy atom. The van der Waals surface area contributed by atoms with Crippen LogP contribution >= 0.6 is 0 Å². The standard InChI is InChI=1S/C12H22N4O/c17-12(10-7-14-8-10)16-4-1-11(9-16)15-5-2-13-3-6-15/h10-11,13-14H,1-9H2. The van der Waals surface area contributed by atoms with Gasteiger partial charge in [-0.15, -0.1) is 0 Å². The summed E-state index contributed by atoms with van der Waals surface area (Å²) in [7, 11) is 0. The van der Waals surface area contributed by atoms with Crippen LogP contribution in [-0.2, 0) is 4.79 Å². The van der Waals surface area contributed by atoms with Crippen molar-refractivity contribution >= 4 is 5.91 Å². The number of hydrogen-bond acceptors (Lipinski definition) is 4. The molecule has 3 aliphatic rings. The average Bonchev–Trinajstić information content (AvgIpc) is 2.77. The van der Waals surface area contributed by atoms with E-state index in [4.69, 9.17) is 0 Å². The van der Waals surface area contributed by atoms with Crippen molar-refractivity contribution in [3.05, 3.63) is 0 Å². The summed E-state index contributed by atoms with van der Waals surface area (Å²) in [6.45, 7) is 8.14. The van der Waals surface area contributed by atoms with Gasteiger partial charge in [-0.05, 0) is 6.42 Å². The molecule has 5 nitrogen and oxygen atoms in total. The van der Waals surface area contributed by atoms with Gasteiger partial charge in [0, 0.05) is 58.4 Å². The first-order chi connectivity index (χ1) is 8.34. The maximum Gasteiger partial charge on any atom is 0.228 e. The zero-order chi connectivity index (χ0) is 11.7. The molecule has 1 atom stereocenters. The van der Waals surface area contributed by atoms with Crippen molar-refractivity contribution in [1.29, 1.82) is 0 Å². The monoisotopic (exact) mass is 238 g/mol. The molecular weight excluding hydrogens is 216 g/mol. The highest BCUT2D eigenvalue weighted by atomic mass is 16.2. The normalized spacial score (nSPS) is 31.5. The van der Waals surface area contributed by atoms with Crippen molar-refractivity contribution in [2.45, 2.75) is 12.5 Å². The van der Waals surface area contributed by atoms with Gasteiger partial charge in [0.05, 0.1) is 5.92 Å². The predicted octanol–water partition coefficient (Wildman–Crippen LogP) is -1.29. The number of nitrogens with one attached hydrogen (secondary N) is 2. The van der Waals surface area contributed by atoms with Crippen LogP contribution in [0.1, 0.15) is 6.42 Å². The Balaban J connectivity index is 1.52. The van der Waals surface area contributed by atoms with E-state index in [1.165, 1.54) is 0 Å². The molecule has 0 aliphatic carbocycles. The molecule has 5 heteroatoms. The number of piperazine rings is 1. The summed E-state index contributed by atoms with van der Waals surface area (Å²) in [6.07, 6.45) is 1.16. The van der Waals surface area contributed by atoms with Crippen molar-refractivity contribution in [3.63, 3.8) is 0 Å². The molecular formula is C12H22N4O. The largest absolute Gasteiger partial charge is 0.341 e. The molecule has 0 aromatic carbocycles. The number of nitrogens with zero attached hydrogens (tertiary/aromatic N) is 2. The number of amides is 1. The molecule has 0 aromatic rings. The number of hydrogen-bond donors (Lipinski definition) is 2. The van der Waals surface area contributed by atoms with Crippen LogP contribution in [0.25, 0.3) is 0 Å². The summed E-state index contributed by atoms with van der Waals surface area (Å²) in [6, 6.07) is 0.606. The third-order valence-corrected chi connectivity index (χ3v) is 4.27. The highest BCUT2D eigenvalue weighted by molar-refractivity contribution is 5.80. The molecule has 3 fully saturated rings. The second-order valence-electron chi connectivity index (χ2n) is 5.37. The lowest BCUT2D eigenvalue weighted by Gasteiger charge is -2.33. The SMILES string of the molecule is O=C(C1CNC1)N1CCC(N2CCNCC2)C1. The minimum Gasteiger partial charge on any atom is -0.341 e. The highest BCUT2D eigenvalue weighted by Crippen LogP contribution is 2.19. The van der Waals surface area contributed by atoms with Crippen molar-refractivity contribution in [2.24, 2.45) is 5.92 Å². The maximum absolute atomic E-state index is 12.1. The van der Waals surface area contributed by atoms with E-state index in [-0.39, 0.29) is 5.92 Å². The van der Waals surface area contributed by atoms with Crippen LogP contribution in [-0.4, -0.2) is 74.1 Å². The highest BCUT2D eigenvalue weighted by Gasteiger charge is 2.35. The van der Waals surface area contributed by atoms with E-state index >= 15 is 0 Å². The van der Waals surface area contributed by atoms with Gasteiger partial charge in [-0.2, -0.15) is 0 Å². The average molecular weight is 238 g/mol. The van der Waals surface area contributed by atoms with E-state index in [2.05, 4.69) is 20.4 Å². The predicted molar refractivity (Wildman–Crippen MR) is 65.8 cm³/mol. The van der Waals surface area contributed by atoms with E-state index in [0.29, 0.717) is 11.9 Å². The summed E-state index contributed by atoms with van der Waals surface area (Å²) in [5.41, 5.74) is 0. The number of carbonyl (C=O) groups is 1. The van der Waals surface area contributed by atoms with E-state index in [1.807, 2.05) is 0 Å². The summed E-state index contributed by atoms with van der Waals surface area (Å²) in [4.78, 5) is 16.7. The molecule has 3 rings (SSSR count). The van der Waals surface area contributed by atoms with Gasteiger partial charge in [0.1, 0.15) is 0 Å². The minimum absolute atomic E-state index is 0.261. The fourth-order valence-electron chi connectivity index (χ4n) is 3.01. The lowest BCUT2D eigenvalue weighted by Crippen LogP contribution is -2.53. The van der Waals surface area contributed by atoms with Gasteiger partial charge in [-0.25, -0.2) is 0 Å². The van der Waals surface area contributed by atoms with Crippen molar-refractivity contribution in [3.8, 4) is 0 Å². The maximum atomic E-state index is 12.1. The van der Waals surface area contributed by atoms with Crippen LogP contribution in [0.4, 0.5) is 0 Å². The minimum atomic E-state index is 0.261. The zero-order valence-electron chi connectivity index (χ0n) is 10.3. The Morgan fingerprint density at radius 2 is 1.82 bits per heavy atom. The van der Waals surface area contributed by atoms with Gasteiger partial charge in [0.2, 0.25) is 5.91 Å². The van der Waals surface area contributed by atoms with Crippen molar-refractivity contribution < 1.29 is 4.79 Å². The fraction of sp³-hybridized carbons (Fsp3) is 0.917. The molecule has 0 aromatic heterocycles. The first-order valence-electron chi connectivity index (χ1n) is 6.79. The number of carbonyl (C=O) groups excluding carboxylic acids is 1. The Bertz CT molecular complexity index is 286. The molecule has 3 aliphatic heterocycles. The van der Waals surface area contributed by atoms with Gasteiger partial charge >= 0.3 is 0 Å². The van der Waals surface area contributed by atoms with Crippen LogP contribution in [0, 0.1) is 5.92 Å². The van der Waals surface area contributed by atoms with E-state index in [1.54, 1.807) is 0 Å². The first kappa shape index (κ1) is 11.4. The Kier molecular flexibility index (Phi) is 3.31. The van der Waals surface area contributed by atoms with Crippen LogP contribution < -0.4 is 10.6 Å².